The van der Waals surface area contributed by atoms with Gasteiger partial charge in [0.25, 0.3) is 0 Å². The number of fused-ring (bicyclic) bond motifs is 1. The molecule has 0 N–H and O–H groups in total. The summed E-state index contributed by atoms with van der Waals surface area (Å²) in [7, 11) is -4.73. The molecule has 368 valence electrons. The van der Waals surface area contributed by atoms with Crippen LogP contribution in [0.25, 0.3) is 291 Å². The fourth-order valence-electron chi connectivity index (χ4n) is 31.7. The van der Waals surface area contributed by atoms with Crippen molar-refractivity contribution in [1.82, 2.24) is 0 Å². The molecule has 28 aromatic carbocycles. The molecule has 28 aromatic rings. The first-order chi connectivity index (χ1) is 40.4. The Kier molecular flexibility index (Phi) is 3.66. The third-order valence-corrected chi connectivity index (χ3v) is 44.1. The number of hydrogen-bond donors (Lipinski definition) is 0. The van der Waals surface area contributed by atoms with E-state index in [1.165, 1.54) is 55.9 Å². The highest BCUT2D eigenvalue weighted by Crippen LogP contribution is 2.92. The molecule has 0 bridgehead atoms. The average molecular weight is 1060 g/mol. The minimum Gasteiger partial charge on any atom is -0.0804 e. The average Bonchev–Trinajstić information content (AvgIpc) is 1.36. The second kappa shape index (κ2) is 8.43. The van der Waals surface area contributed by atoms with Crippen molar-refractivity contribution in [3.05, 3.63) is 32.6 Å². The van der Waals surface area contributed by atoms with Gasteiger partial charge in [-0.1, -0.05) is 109 Å². The van der Waals surface area contributed by atoms with Crippen molar-refractivity contribution in [3.8, 4) is 0 Å². The van der Waals surface area contributed by atoms with Gasteiger partial charge in [0.05, 0.1) is 16.1 Å². The van der Waals surface area contributed by atoms with Gasteiger partial charge >= 0.3 is 0 Å². The molecule has 0 amide bonds. The van der Waals surface area contributed by atoms with E-state index in [0.29, 0.717) is 5.92 Å². The molecule has 2 spiro atoms. The van der Waals surface area contributed by atoms with Gasteiger partial charge in [-0.15, -0.1) is 0 Å². The van der Waals surface area contributed by atoms with Crippen LogP contribution in [-0.4, -0.2) is 16.1 Å². The van der Waals surface area contributed by atoms with E-state index in [2.05, 4.69) is 58.9 Å². The largest absolute Gasteiger partial charge is 0.0986 e. The van der Waals surface area contributed by atoms with Gasteiger partial charge in [0.1, 0.15) is 0 Å². The van der Waals surface area contributed by atoms with Crippen LogP contribution in [0.3, 0.4) is 0 Å². The molecular formula is C80H40Si2. The summed E-state index contributed by atoms with van der Waals surface area (Å²) in [5, 5.41) is 98.5. The van der Waals surface area contributed by atoms with Crippen LogP contribution < -0.4 is 0 Å². The summed E-state index contributed by atoms with van der Waals surface area (Å²) in [5.41, 5.74) is 7.74. The molecular weight excluding hydrogens is 1020 g/mol. The maximum Gasteiger partial charge on any atom is 0.0986 e. The molecule has 0 nitrogen and oxygen atoms in total. The van der Waals surface area contributed by atoms with Crippen LogP contribution >= 0.6 is 0 Å². The molecule has 1 fully saturated rings. The molecule has 0 aromatic heterocycles. The number of allylic oxidation sites excluding steroid dienone is 2. The lowest BCUT2D eigenvalue weighted by Gasteiger charge is -2.78. The van der Waals surface area contributed by atoms with Crippen LogP contribution in [0.15, 0.2) is 10.4 Å². The molecule has 1 saturated heterocycles. The highest BCUT2D eigenvalue weighted by molar-refractivity contribution is 6.99. The summed E-state index contributed by atoms with van der Waals surface area (Å²) in [6.07, 6.45) is 5.28. The summed E-state index contributed by atoms with van der Waals surface area (Å²) >= 11 is 0. The second-order valence-electron chi connectivity index (χ2n) is 32.1. The van der Waals surface area contributed by atoms with E-state index in [1.807, 2.05) is 65.3 Å². The molecule has 0 saturated carbocycles. The summed E-state index contributed by atoms with van der Waals surface area (Å²) in [6.45, 7) is 19.3. The van der Waals surface area contributed by atoms with Crippen LogP contribution in [0.1, 0.15) is 96.4 Å². The third kappa shape index (κ3) is 2.00. The van der Waals surface area contributed by atoms with Crippen LogP contribution in [0.2, 0.25) is 30.2 Å². The van der Waals surface area contributed by atoms with E-state index in [9.17, 15) is 0 Å². The van der Waals surface area contributed by atoms with Crippen molar-refractivity contribution in [3.63, 3.8) is 0 Å². The Labute approximate surface area is 462 Å². The van der Waals surface area contributed by atoms with Crippen molar-refractivity contribution in [2.24, 2.45) is 11.3 Å². The molecule has 1 unspecified atom stereocenters. The van der Waals surface area contributed by atoms with Crippen LogP contribution in [0, 0.1) is 11.3 Å². The monoisotopic (exact) mass is 1060 g/mol. The first kappa shape index (κ1) is 35.6. The van der Waals surface area contributed by atoms with Crippen LogP contribution in [0.4, 0.5) is 0 Å². The van der Waals surface area contributed by atoms with E-state index in [1.54, 1.807) is 248 Å². The molecule has 34 rings (SSSR count). The Morgan fingerprint density at radius 2 is 0.476 bits per heavy atom. The Morgan fingerprint density at radius 1 is 0.280 bits per heavy atom. The maximum atomic E-state index is 3.10. The second-order valence-corrected chi connectivity index (χ2v) is 40.9. The topological polar surface area (TPSA) is 0 Å². The number of benzene rings is 18. The van der Waals surface area contributed by atoms with Gasteiger partial charge in [-0.3, -0.25) is 0 Å². The molecule has 1 atom stereocenters. The molecule has 2 heteroatoms. The van der Waals surface area contributed by atoms with E-state index < -0.39 is 16.1 Å². The minimum atomic E-state index is -2.76. The zero-order valence-corrected chi connectivity index (χ0v) is 48.4. The van der Waals surface area contributed by atoms with Gasteiger partial charge in [-0.2, -0.15) is 0 Å². The lowest BCUT2D eigenvalue weighted by molar-refractivity contribution is 0.178. The van der Waals surface area contributed by atoms with E-state index in [0.717, 1.165) is 0 Å². The normalized spacial score (nSPS) is 22.7. The van der Waals surface area contributed by atoms with E-state index in [-0.39, 0.29) is 15.9 Å². The zero-order valence-electron chi connectivity index (χ0n) is 46.4. The smallest absolute Gasteiger partial charge is 0.0804 e. The van der Waals surface area contributed by atoms with Crippen molar-refractivity contribution >= 4 is 307 Å². The van der Waals surface area contributed by atoms with Gasteiger partial charge in [0.2, 0.25) is 0 Å². The number of hydrogen-bond acceptors (Lipinski definition) is 0. The lowest BCUT2D eigenvalue weighted by Crippen LogP contribution is -2.82. The zero-order chi connectivity index (χ0) is 51.1. The molecule has 4 aliphatic carbocycles. The summed E-state index contributed by atoms with van der Waals surface area (Å²) in [5.74, 6) is 0.556. The fourth-order valence-corrected chi connectivity index (χ4v) is 48.4. The van der Waals surface area contributed by atoms with Gasteiger partial charge < -0.3 is 0 Å². The molecule has 2 aliphatic heterocycles. The molecule has 6 aliphatic rings. The van der Waals surface area contributed by atoms with Crippen molar-refractivity contribution < 1.29 is 0 Å². The predicted octanol–water partition coefficient (Wildman–Crippen LogP) is 23.4. The third-order valence-electron chi connectivity index (χ3n) is 30.8. The summed E-state index contributed by atoms with van der Waals surface area (Å²) in [4.78, 5) is 0. The minimum absolute atomic E-state index is 0.0182. The highest BCUT2D eigenvalue weighted by atomic mass is 28.3. The Bertz CT molecular complexity index is 7490. The van der Waals surface area contributed by atoms with Gasteiger partial charge in [0, 0.05) is 10.5 Å². The van der Waals surface area contributed by atoms with Gasteiger partial charge in [-0.25, -0.2) is 0 Å². The highest BCUT2D eigenvalue weighted by Gasteiger charge is 2.86. The molecule has 2 heterocycles. The Balaban J connectivity index is 1.09. The summed E-state index contributed by atoms with van der Waals surface area (Å²) < 4.78 is 0. The van der Waals surface area contributed by atoms with E-state index >= 15 is 0 Å². The van der Waals surface area contributed by atoms with Gasteiger partial charge in [-0.05, 0) is 330 Å². The van der Waals surface area contributed by atoms with Crippen LogP contribution in [-0.2, 0) is 10.5 Å². The molecule has 82 heavy (non-hydrogen) atoms. The lowest BCUT2D eigenvalue weighted by atomic mass is 9.46. The quantitative estimate of drug-likeness (QED) is 0.0998. The molecule has 0 radical (unpaired) electrons. The maximum absolute atomic E-state index is 3.10. The fraction of sp³-hybridized carbons (Fsp3) is 0.250. The summed E-state index contributed by atoms with van der Waals surface area (Å²) in [6, 6.07) is 7.31. The van der Waals surface area contributed by atoms with Crippen molar-refractivity contribution in [2.75, 3.05) is 0 Å². The standard InChI is InChI=1S/C80H40Si2/c1-8-12-81(13-9-2)16-78(7)77(81)76(17(5)6)82(14-10-3,15-11-4)80-74-68-62-52-40-32-24-20-18-19-22-26(24)34(40)44-38-30(22)31-23(19)27-25-21(18)29-28(20)36-42(32)50-56-46(36)47-37(29)43-33(25)41-35(27)45-39(31)49-48(38)60(54(44)62)70(74)71-61(49)55(45)63-53(41)59-51(43)57(47)65-64(56)72(66(68)58(50)52)79(78,80)73(65)67(59)69(63)75(71)80/h17H,8-16H2,1-7H3. The van der Waals surface area contributed by atoms with Crippen molar-refractivity contribution in [1.29, 1.82) is 0 Å². The van der Waals surface area contributed by atoms with E-state index in [4.69, 9.17) is 0 Å². The first-order valence-corrected chi connectivity index (χ1v) is 37.9. The first-order valence-electron chi connectivity index (χ1n) is 32.9. The predicted molar refractivity (Wildman–Crippen MR) is 361 cm³/mol. The van der Waals surface area contributed by atoms with Gasteiger partial charge in [0.15, 0.2) is 0 Å². The van der Waals surface area contributed by atoms with Crippen LogP contribution in [0.5, 0.6) is 0 Å². The number of rotatable bonds is 9. The Hall–Kier alpha value is -7.37. The van der Waals surface area contributed by atoms with Crippen molar-refractivity contribution in [2.45, 2.75) is 115 Å². The Morgan fingerprint density at radius 3 is 0.671 bits per heavy atom. The SMILES string of the molecule is CCC[Si]1(CCC)CC2(C)C1=C(C(C)C)[Si](CCC)(CCC)C13c4c5c6c7c8c9c(c%10c%11c1c1c4c4c%12c5c5c6c6c8c8c%13c9c9c%10c%10c%11c%11c1c1c4c4c%12c%12c5c5c6c8c6c8c%13c9c9c%10c%10c%11c1c1c4c4c%12c5c6c5c8c9c%10c1c45)C723.